The maximum atomic E-state index is 4.44. The molecule has 2 rings (SSSR count). The quantitative estimate of drug-likeness (QED) is 0.876. The summed E-state index contributed by atoms with van der Waals surface area (Å²) >= 11 is 4.88. The van der Waals surface area contributed by atoms with Crippen LogP contribution in [0.1, 0.15) is 35.7 Å². The zero-order chi connectivity index (χ0) is 13.7. The number of hydrogen-bond acceptors (Lipinski definition) is 5. The van der Waals surface area contributed by atoms with E-state index in [9.17, 15) is 0 Å². The number of nitrogens with one attached hydrogen (secondary N) is 1. The normalized spacial score (nSPS) is 12.6. The molecule has 0 saturated heterocycles. The summed E-state index contributed by atoms with van der Waals surface area (Å²) in [5, 5.41) is 7.66. The molecule has 0 spiro atoms. The molecule has 19 heavy (non-hydrogen) atoms. The van der Waals surface area contributed by atoms with E-state index < -0.39 is 0 Å². The number of hydrogen-bond donors (Lipinski definition) is 1. The summed E-state index contributed by atoms with van der Waals surface area (Å²) in [7, 11) is 0. The molecule has 0 saturated carbocycles. The molecule has 2 aromatic heterocycles. The SMILES string of the molecule is CCCNC(Cc1ccc(Br)cn1)c1snnc1C. The monoisotopic (exact) mass is 340 g/mol. The number of aryl methyl sites for hydroxylation is 1. The lowest BCUT2D eigenvalue weighted by atomic mass is 10.1. The molecule has 102 valence electrons. The van der Waals surface area contributed by atoms with Crippen LogP contribution in [0.25, 0.3) is 0 Å². The fourth-order valence-corrected chi connectivity index (χ4v) is 2.82. The second kappa shape index (κ2) is 7.07. The zero-order valence-corrected chi connectivity index (χ0v) is 13.5. The van der Waals surface area contributed by atoms with Gasteiger partial charge in [0.1, 0.15) is 0 Å². The predicted octanol–water partition coefficient (Wildman–Crippen LogP) is 3.29. The molecule has 0 fully saturated rings. The van der Waals surface area contributed by atoms with E-state index in [1.165, 1.54) is 16.4 Å². The molecule has 0 amide bonds. The van der Waals surface area contributed by atoms with Gasteiger partial charge in [-0.1, -0.05) is 11.4 Å². The molecule has 1 unspecified atom stereocenters. The first kappa shape index (κ1) is 14.6. The minimum absolute atomic E-state index is 0.244. The van der Waals surface area contributed by atoms with Crippen molar-refractivity contribution in [2.45, 2.75) is 32.7 Å². The summed E-state index contributed by atoms with van der Waals surface area (Å²) in [5.41, 5.74) is 2.08. The molecule has 0 bridgehead atoms. The van der Waals surface area contributed by atoms with E-state index in [1.807, 2.05) is 19.2 Å². The Balaban J connectivity index is 2.14. The molecule has 2 aromatic rings. The van der Waals surface area contributed by atoms with Gasteiger partial charge in [-0.3, -0.25) is 4.98 Å². The van der Waals surface area contributed by atoms with Crippen LogP contribution in [0.2, 0.25) is 0 Å². The number of nitrogens with zero attached hydrogens (tertiary/aromatic N) is 3. The van der Waals surface area contributed by atoms with Crippen LogP contribution in [0.15, 0.2) is 22.8 Å². The van der Waals surface area contributed by atoms with Gasteiger partial charge in [-0.2, -0.15) is 0 Å². The van der Waals surface area contributed by atoms with E-state index in [-0.39, 0.29) is 6.04 Å². The van der Waals surface area contributed by atoms with Crippen LogP contribution in [0.3, 0.4) is 0 Å². The molecule has 4 nitrogen and oxygen atoms in total. The first-order chi connectivity index (χ1) is 9.20. The summed E-state index contributed by atoms with van der Waals surface area (Å²) in [6.45, 7) is 5.16. The highest BCUT2D eigenvalue weighted by Gasteiger charge is 2.17. The maximum absolute atomic E-state index is 4.44. The van der Waals surface area contributed by atoms with Gasteiger partial charge in [0, 0.05) is 22.8 Å². The fourth-order valence-electron chi connectivity index (χ4n) is 1.87. The van der Waals surface area contributed by atoms with E-state index >= 15 is 0 Å². The molecule has 1 N–H and O–H groups in total. The van der Waals surface area contributed by atoms with Gasteiger partial charge in [-0.05, 0) is 59.5 Å². The average Bonchev–Trinajstić information content (AvgIpc) is 2.83. The third kappa shape index (κ3) is 4.06. The summed E-state index contributed by atoms with van der Waals surface area (Å²) in [5.74, 6) is 0. The Labute approximate surface area is 126 Å². The lowest BCUT2D eigenvalue weighted by Gasteiger charge is -2.16. The van der Waals surface area contributed by atoms with Crippen molar-refractivity contribution in [2.75, 3.05) is 6.54 Å². The van der Waals surface area contributed by atoms with Crippen molar-refractivity contribution in [3.63, 3.8) is 0 Å². The van der Waals surface area contributed by atoms with Crippen LogP contribution < -0.4 is 5.32 Å². The Morgan fingerprint density at radius 2 is 2.26 bits per heavy atom. The largest absolute Gasteiger partial charge is 0.309 e. The highest BCUT2D eigenvalue weighted by Crippen LogP contribution is 2.23. The molecular weight excluding hydrogens is 324 g/mol. The van der Waals surface area contributed by atoms with Crippen LogP contribution in [0, 0.1) is 6.92 Å². The molecule has 6 heteroatoms. The molecular formula is C13H17BrN4S. The first-order valence-electron chi connectivity index (χ1n) is 6.33. The number of halogens is 1. The highest BCUT2D eigenvalue weighted by molar-refractivity contribution is 9.10. The van der Waals surface area contributed by atoms with Crippen LogP contribution in [0.4, 0.5) is 0 Å². The second-order valence-electron chi connectivity index (χ2n) is 4.40. The van der Waals surface area contributed by atoms with Crippen molar-refractivity contribution < 1.29 is 0 Å². The Morgan fingerprint density at radius 3 is 2.84 bits per heavy atom. The second-order valence-corrected chi connectivity index (χ2v) is 6.10. The lowest BCUT2D eigenvalue weighted by Crippen LogP contribution is -2.24. The van der Waals surface area contributed by atoms with Gasteiger partial charge in [0.2, 0.25) is 0 Å². The van der Waals surface area contributed by atoms with E-state index in [4.69, 9.17) is 0 Å². The molecule has 0 radical (unpaired) electrons. The van der Waals surface area contributed by atoms with Gasteiger partial charge in [0.15, 0.2) is 0 Å². The van der Waals surface area contributed by atoms with Crippen molar-refractivity contribution in [2.24, 2.45) is 0 Å². The Hall–Kier alpha value is -0.850. The average molecular weight is 341 g/mol. The Morgan fingerprint density at radius 1 is 1.42 bits per heavy atom. The lowest BCUT2D eigenvalue weighted by molar-refractivity contribution is 0.529. The maximum Gasteiger partial charge on any atom is 0.0772 e. The van der Waals surface area contributed by atoms with E-state index in [2.05, 4.69) is 48.8 Å². The molecule has 0 aliphatic carbocycles. The predicted molar refractivity (Wildman–Crippen MR) is 81.3 cm³/mol. The van der Waals surface area contributed by atoms with Gasteiger partial charge in [0.25, 0.3) is 0 Å². The standard InChI is InChI=1S/C13H17BrN4S/c1-3-6-15-12(13-9(2)17-18-19-13)7-11-5-4-10(14)8-16-11/h4-5,8,12,15H,3,6-7H2,1-2H3. The first-order valence-corrected chi connectivity index (χ1v) is 7.90. The number of rotatable bonds is 6. The summed E-state index contributed by atoms with van der Waals surface area (Å²) in [4.78, 5) is 5.65. The number of aromatic nitrogens is 3. The van der Waals surface area contributed by atoms with Gasteiger partial charge in [-0.25, -0.2) is 0 Å². The third-order valence-corrected chi connectivity index (χ3v) is 4.25. The van der Waals surface area contributed by atoms with Crippen molar-refractivity contribution in [3.8, 4) is 0 Å². The van der Waals surface area contributed by atoms with Crippen molar-refractivity contribution >= 4 is 27.5 Å². The van der Waals surface area contributed by atoms with Crippen LogP contribution in [-0.2, 0) is 6.42 Å². The third-order valence-electron chi connectivity index (χ3n) is 2.85. The topological polar surface area (TPSA) is 50.7 Å². The van der Waals surface area contributed by atoms with Crippen molar-refractivity contribution in [3.05, 3.63) is 39.1 Å². The van der Waals surface area contributed by atoms with E-state index in [1.54, 1.807) is 0 Å². The molecule has 0 aliphatic rings. The molecule has 0 aliphatic heterocycles. The van der Waals surface area contributed by atoms with Crippen molar-refractivity contribution in [1.29, 1.82) is 0 Å². The summed E-state index contributed by atoms with van der Waals surface area (Å²) in [6, 6.07) is 4.32. The minimum atomic E-state index is 0.244. The summed E-state index contributed by atoms with van der Waals surface area (Å²) < 4.78 is 5.03. The zero-order valence-electron chi connectivity index (χ0n) is 11.1. The summed E-state index contributed by atoms with van der Waals surface area (Å²) in [6.07, 6.45) is 3.80. The number of pyridine rings is 1. The molecule has 0 aromatic carbocycles. The van der Waals surface area contributed by atoms with Gasteiger partial charge in [0.05, 0.1) is 16.6 Å². The van der Waals surface area contributed by atoms with Gasteiger partial charge >= 0.3 is 0 Å². The smallest absolute Gasteiger partial charge is 0.0772 e. The fraction of sp³-hybridized carbons (Fsp3) is 0.462. The van der Waals surface area contributed by atoms with Crippen LogP contribution in [0.5, 0.6) is 0 Å². The van der Waals surface area contributed by atoms with E-state index in [0.717, 1.165) is 35.2 Å². The van der Waals surface area contributed by atoms with Crippen LogP contribution >= 0.6 is 27.5 Å². The van der Waals surface area contributed by atoms with Gasteiger partial charge in [-0.15, -0.1) is 5.10 Å². The molecule has 1 atom stereocenters. The van der Waals surface area contributed by atoms with Gasteiger partial charge < -0.3 is 5.32 Å². The van der Waals surface area contributed by atoms with Crippen molar-refractivity contribution in [1.82, 2.24) is 19.9 Å². The minimum Gasteiger partial charge on any atom is -0.309 e. The van der Waals surface area contributed by atoms with E-state index in [0.29, 0.717) is 0 Å². The molecule has 2 heterocycles. The van der Waals surface area contributed by atoms with Crippen LogP contribution in [-0.4, -0.2) is 21.1 Å². The Kier molecular flexibility index (Phi) is 5.42. The highest BCUT2D eigenvalue weighted by atomic mass is 79.9. The Bertz CT molecular complexity index is 512.